The van der Waals surface area contributed by atoms with E-state index >= 15 is 0 Å². The highest BCUT2D eigenvalue weighted by molar-refractivity contribution is 5.56. The molecule has 0 aliphatic carbocycles. The van der Waals surface area contributed by atoms with Crippen LogP contribution < -0.4 is 9.47 Å². The quantitative estimate of drug-likeness (QED) is 0.541. The van der Waals surface area contributed by atoms with Crippen LogP contribution in [0, 0.1) is 5.21 Å². The summed E-state index contributed by atoms with van der Waals surface area (Å²) in [4.78, 5) is 0. The van der Waals surface area contributed by atoms with Crippen LogP contribution in [-0.2, 0) is 0 Å². The first kappa shape index (κ1) is 12.2. The van der Waals surface area contributed by atoms with Crippen LogP contribution >= 0.6 is 0 Å². The van der Waals surface area contributed by atoms with Gasteiger partial charge in [-0.2, -0.15) is 4.73 Å². The molecule has 1 heterocycles. The highest BCUT2D eigenvalue weighted by Gasteiger charge is 2.22. The van der Waals surface area contributed by atoms with Gasteiger partial charge < -0.3 is 9.94 Å². The minimum absolute atomic E-state index is 0.177. The smallest absolute Gasteiger partial charge is 0.383 e. The van der Waals surface area contributed by atoms with Crippen molar-refractivity contribution >= 4 is 0 Å². The summed E-state index contributed by atoms with van der Waals surface area (Å²) in [6.45, 7) is 0. The summed E-state index contributed by atoms with van der Waals surface area (Å²) in [5.74, 6) is 1.13. The van der Waals surface area contributed by atoms with Gasteiger partial charge in [0.1, 0.15) is 5.75 Å². The maximum atomic E-state index is 12.3. The lowest BCUT2D eigenvalue weighted by atomic mass is 10.2. The van der Waals surface area contributed by atoms with Crippen molar-refractivity contribution in [3.05, 3.63) is 59.8 Å². The normalized spacial score (nSPS) is 10.4. The molecule has 0 amide bonds. The van der Waals surface area contributed by atoms with Crippen LogP contribution in [0.1, 0.15) is 0 Å². The molecule has 5 nitrogen and oxygen atoms in total. The van der Waals surface area contributed by atoms with Crippen molar-refractivity contribution in [2.45, 2.75) is 0 Å². The molecule has 20 heavy (non-hydrogen) atoms. The van der Waals surface area contributed by atoms with Crippen molar-refractivity contribution in [1.82, 2.24) is 5.16 Å². The first-order chi connectivity index (χ1) is 9.79. The summed E-state index contributed by atoms with van der Waals surface area (Å²) in [7, 11) is 1.59. The third kappa shape index (κ3) is 2.09. The predicted molar refractivity (Wildman–Crippen MR) is 72.9 cm³/mol. The van der Waals surface area contributed by atoms with Crippen molar-refractivity contribution in [2.24, 2.45) is 0 Å². The van der Waals surface area contributed by atoms with E-state index < -0.39 is 0 Å². The van der Waals surface area contributed by atoms with Gasteiger partial charge in [0.05, 0.1) is 18.2 Å². The molecule has 0 aliphatic rings. The van der Waals surface area contributed by atoms with Crippen LogP contribution in [0.3, 0.4) is 0 Å². The molecule has 0 aliphatic heterocycles. The SMILES string of the molecule is COc1ccc(-c2noc(-c3ccccc3)[n+]2[O-])cc1. The fraction of sp³-hybridized carbons (Fsp3) is 0.0667. The zero-order valence-electron chi connectivity index (χ0n) is 10.8. The molecule has 0 radical (unpaired) electrons. The Labute approximate surface area is 115 Å². The largest absolute Gasteiger partial charge is 0.708 e. The Morgan fingerprint density at radius 3 is 2.35 bits per heavy atom. The average molecular weight is 268 g/mol. The molecular weight excluding hydrogens is 256 g/mol. The lowest BCUT2D eigenvalue weighted by Gasteiger charge is -2.02. The van der Waals surface area contributed by atoms with E-state index in [2.05, 4.69) is 5.16 Å². The van der Waals surface area contributed by atoms with Crippen LogP contribution in [0.2, 0.25) is 0 Å². The average Bonchev–Trinajstić information content (AvgIpc) is 2.90. The number of ether oxygens (including phenoxy) is 1. The Morgan fingerprint density at radius 1 is 1.00 bits per heavy atom. The lowest BCUT2D eigenvalue weighted by Crippen LogP contribution is -2.29. The van der Waals surface area contributed by atoms with Gasteiger partial charge in [-0.15, -0.1) is 0 Å². The van der Waals surface area contributed by atoms with Crippen molar-refractivity contribution in [3.63, 3.8) is 0 Å². The van der Waals surface area contributed by atoms with E-state index in [4.69, 9.17) is 9.26 Å². The van der Waals surface area contributed by atoms with Crippen LogP contribution in [0.25, 0.3) is 22.8 Å². The van der Waals surface area contributed by atoms with Gasteiger partial charge in [-0.3, -0.25) is 0 Å². The van der Waals surface area contributed by atoms with Crippen LogP contribution in [0.4, 0.5) is 0 Å². The molecule has 1 aromatic heterocycles. The fourth-order valence-corrected chi connectivity index (χ4v) is 1.92. The molecule has 0 saturated heterocycles. The number of methoxy groups -OCH3 is 1. The van der Waals surface area contributed by atoms with E-state index in [1.165, 1.54) is 0 Å². The topological polar surface area (TPSA) is 62.2 Å². The third-order valence-electron chi connectivity index (χ3n) is 2.96. The van der Waals surface area contributed by atoms with Crippen LogP contribution in [-0.4, -0.2) is 12.3 Å². The van der Waals surface area contributed by atoms with Gasteiger partial charge in [0.2, 0.25) is 0 Å². The molecule has 0 N–H and O–H groups in total. The van der Waals surface area contributed by atoms with E-state index in [0.29, 0.717) is 15.9 Å². The number of hydrogen-bond donors (Lipinski definition) is 0. The number of aromatic nitrogens is 2. The van der Waals surface area contributed by atoms with Crippen molar-refractivity contribution in [3.8, 4) is 28.6 Å². The molecule has 0 saturated carbocycles. The number of hydrogen-bond acceptors (Lipinski definition) is 4. The van der Waals surface area contributed by atoms with Gasteiger partial charge in [-0.05, 0) is 36.4 Å². The molecule has 3 rings (SSSR count). The first-order valence-electron chi connectivity index (χ1n) is 6.08. The molecule has 100 valence electrons. The lowest BCUT2D eigenvalue weighted by molar-refractivity contribution is -0.585. The maximum Gasteiger partial charge on any atom is 0.383 e. The van der Waals surface area contributed by atoms with E-state index in [1.807, 2.05) is 18.2 Å². The Kier molecular flexibility index (Phi) is 3.09. The van der Waals surface area contributed by atoms with Crippen molar-refractivity contribution < 1.29 is 14.0 Å². The van der Waals surface area contributed by atoms with E-state index in [0.717, 1.165) is 5.75 Å². The second-order valence-electron chi connectivity index (χ2n) is 4.20. The van der Waals surface area contributed by atoms with Gasteiger partial charge in [0.25, 0.3) is 0 Å². The zero-order chi connectivity index (χ0) is 13.9. The molecule has 2 aromatic carbocycles. The predicted octanol–water partition coefficient (Wildman–Crippen LogP) is 2.65. The van der Waals surface area contributed by atoms with Gasteiger partial charge in [0.15, 0.2) is 5.16 Å². The number of benzene rings is 2. The molecule has 0 fully saturated rings. The highest BCUT2D eigenvalue weighted by atomic mass is 16.5. The van der Waals surface area contributed by atoms with Crippen LogP contribution in [0.5, 0.6) is 5.75 Å². The van der Waals surface area contributed by atoms with Gasteiger partial charge >= 0.3 is 11.7 Å². The summed E-state index contributed by atoms with van der Waals surface area (Å²) in [6.07, 6.45) is 0. The van der Waals surface area contributed by atoms with Gasteiger partial charge in [0, 0.05) is 0 Å². The van der Waals surface area contributed by atoms with E-state index in [9.17, 15) is 5.21 Å². The standard InChI is InChI=1S/C15H12N2O3/c1-19-13-9-7-11(8-10-13)14-16-20-15(17(14)18)12-5-3-2-4-6-12/h2-10H,1H3. The molecule has 5 heteroatoms. The summed E-state index contributed by atoms with van der Waals surface area (Å²) < 4.78 is 10.9. The van der Waals surface area contributed by atoms with Crippen molar-refractivity contribution in [2.75, 3.05) is 7.11 Å². The van der Waals surface area contributed by atoms with Gasteiger partial charge in [-0.1, -0.05) is 18.2 Å². The van der Waals surface area contributed by atoms with Gasteiger partial charge in [-0.25, -0.2) is 4.52 Å². The van der Waals surface area contributed by atoms with Crippen molar-refractivity contribution in [1.29, 1.82) is 0 Å². The minimum Gasteiger partial charge on any atom is -0.708 e. The summed E-state index contributed by atoms with van der Waals surface area (Å²) in [6, 6.07) is 16.2. The second-order valence-corrected chi connectivity index (χ2v) is 4.20. The summed E-state index contributed by atoms with van der Waals surface area (Å²) in [5.41, 5.74) is 1.36. The molecule has 3 aromatic rings. The molecular formula is C15H12N2O3. The van der Waals surface area contributed by atoms with E-state index in [-0.39, 0.29) is 11.7 Å². The number of rotatable bonds is 3. The molecule has 0 bridgehead atoms. The van der Waals surface area contributed by atoms with E-state index in [1.54, 1.807) is 43.5 Å². The maximum absolute atomic E-state index is 12.3. The first-order valence-corrected chi connectivity index (χ1v) is 6.08. The van der Waals surface area contributed by atoms with Crippen LogP contribution in [0.15, 0.2) is 59.1 Å². The number of nitrogens with zero attached hydrogens (tertiary/aromatic N) is 2. The highest BCUT2D eigenvalue weighted by Crippen LogP contribution is 2.21. The molecule has 0 unspecified atom stereocenters. The Bertz CT molecular complexity index is 706. The Morgan fingerprint density at radius 2 is 1.70 bits per heavy atom. The minimum atomic E-state index is 0.177. The summed E-state index contributed by atoms with van der Waals surface area (Å²) in [5, 5.41) is 16.1. The fourth-order valence-electron chi connectivity index (χ4n) is 1.92. The Balaban J connectivity index is 2.01. The monoisotopic (exact) mass is 268 g/mol. The summed E-state index contributed by atoms with van der Waals surface area (Å²) >= 11 is 0. The zero-order valence-corrected chi connectivity index (χ0v) is 10.8. The molecule has 0 atom stereocenters. The molecule has 0 spiro atoms. The Hall–Kier alpha value is -2.82. The second kappa shape index (κ2) is 5.05. The third-order valence-corrected chi connectivity index (χ3v) is 2.96.